The Morgan fingerprint density at radius 2 is 1.94 bits per heavy atom. The Balaban J connectivity index is 1.83. The molecule has 3 aromatic rings. The number of amidine groups is 1. The number of fused-ring (bicyclic) bond motifs is 1. The topological polar surface area (TPSA) is 199 Å². The molecule has 2 aliphatic heterocycles. The molecule has 6 N–H and O–H groups in total. The van der Waals surface area contributed by atoms with Crippen molar-refractivity contribution < 1.29 is 16.8 Å². The summed E-state index contributed by atoms with van der Waals surface area (Å²) in [7, 11) is -7.09. The van der Waals surface area contributed by atoms with Crippen LogP contribution in [0.5, 0.6) is 0 Å². The van der Waals surface area contributed by atoms with Crippen molar-refractivity contribution >= 4 is 42.9 Å². The zero-order valence-electron chi connectivity index (χ0n) is 18.6. The number of imidazole rings is 1. The molecule has 3 heterocycles. The highest BCUT2D eigenvalue weighted by Crippen LogP contribution is 2.38. The van der Waals surface area contributed by atoms with Crippen LogP contribution < -0.4 is 20.9 Å². The minimum Gasteiger partial charge on any atom is -0.369 e. The van der Waals surface area contributed by atoms with E-state index in [0.717, 1.165) is 0 Å². The van der Waals surface area contributed by atoms with E-state index in [4.69, 9.17) is 10.9 Å². The number of aliphatic imine (C=N–C) groups is 1. The molecule has 0 saturated carbocycles. The second-order valence-corrected chi connectivity index (χ2v) is 11.4. The molecule has 13 nitrogen and oxygen atoms in total. The summed E-state index contributed by atoms with van der Waals surface area (Å²) in [4.78, 5) is 7.51. The molecule has 35 heavy (non-hydrogen) atoms. The number of nitrogen functional groups attached to an aromatic ring is 1. The van der Waals surface area contributed by atoms with Gasteiger partial charge < -0.3 is 15.6 Å². The zero-order chi connectivity index (χ0) is 25.0. The molecule has 2 aliphatic rings. The summed E-state index contributed by atoms with van der Waals surface area (Å²) in [6.45, 7) is 1.05. The van der Waals surface area contributed by atoms with Crippen LogP contribution >= 0.6 is 0 Å². The maximum atomic E-state index is 13.3. The zero-order valence-corrected chi connectivity index (χ0v) is 20.3. The molecule has 1 aromatic heterocycles. The molecular formula is C20H23N9O4S2. The second kappa shape index (κ2) is 8.46. The Morgan fingerprint density at radius 3 is 2.60 bits per heavy atom. The maximum Gasteiger partial charge on any atom is 0.242 e. The number of aryl methyl sites for hydroxylation is 1. The summed E-state index contributed by atoms with van der Waals surface area (Å²) in [6, 6.07) is 7.64. The summed E-state index contributed by atoms with van der Waals surface area (Å²) in [6.07, 6.45) is 0.568. The minimum absolute atomic E-state index is 0.0253. The summed E-state index contributed by atoms with van der Waals surface area (Å²) < 4.78 is 56.8. The van der Waals surface area contributed by atoms with Gasteiger partial charge in [0.2, 0.25) is 26.0 Å². The van der Waals surface area contributed by atoms with E-state index in [9.17, 15) is 16.8 Å². The predicted molar refractivity (Wildman–Crippen MR) is 130 cm³/mol. The van der Waals surface area contributed by atoms with E-state index in [1.165, 1.54) is 12.1 Å². The summed E-state index contributed by atoms with van der Waals surface area (Å²) in [5.41, 5.74) is 7.98. The number of nitrogens with one attached hydrogen (secondary N) is 2. The third kappa shape index (κ3) is 4.10. The molecule has 15 heteroatoms. The van der Waals surface area contributed by atoms with Gasteiger partial charge >= 0.3 is 0 Å². The number of hydrogen-bond acceptors (Lipinski definition) is 10. The highest BCUT2D eigenvalue weighted by Gasteiger charge is 2.34. The van der Waals surface area contributed by atoms with E-state index in [0.29, 0.717) is 41.7 Å². The predicted octanol–water partition coefficient (Wildman–Crippen LogP) is 0.280. The van der Waals surface area contributed by atoms with Crippen molar-refractivity contribution in [1.29, 1.82) is 0 Å². The molecule has 2 aromatic carbocycles. The lowest BCUT2D eigenvalue weighted by Crippen LogP contribution is -2.37. The lowest BCUT2D eigenvalue weighted by molar-refractivity contribution is 0.555. The van der Waals surface area contributed by atoms with Crippen molar-refractivity contribution in [2.75, 3.05) is 25.5 Å². The fourth-order valence-electron chi connectivity index (χ4n) is 4.35. The highest BCUT2D eigenvalue weighted by atomic mass is 32.2. The van der Waals surface area contributed by atoms with Crippen molar-refractivity contribution in [2.45, 2.75) is 22.3 Å². The van der Waals surface area contributed by atoms with Gasteiger partial charge in [0.1, 0.15) is 9.79 Å². The van der Waals surface area contributed by atoms with Crippen molar-refractivity contribution in [1.82, 2.24) is 19.6 Å². The number of azo groups is 1. The van der Waals surface area contributed by atoms with E-state index >= 15 is 0 Å². The van der Waals surface area contributed by atoms with Crippen molar-refractivity contribution in [3.63, 3.8) is 0 Å². The largest absolute Gasteiger partial charge is 0.369 e. The number of hydrogen-bond donors (Lipinski definition) is 4. The van der Waals surface area contributed by atoms with Gasteiger partial charge in [-0.1, -0.05) is 18.2 Å². The first-order chi connectivity index (χ1) is 16.6. The number of primary sulfonamides is 1. The maximum absolute atomic E-state index is 13.3. The third-order valence-corrected chi connectivity index (χ3v) is 8.67. The number of anilines is 1. The first-order valence-corrected chi connectivity index (χ1v) is 13.7. The van der Waals surface area contributed by atoms with Crippen LogP contribution in [-0.2, 0) is 27.1 Å². The number of nitrogens with two attached hydrogens (primary N) is 2. The number of para-hydroxylation sites is 1. The number of benzene rings is 2. The molecule has 0 aliphatic carbocycles. The van der Waals surface area contributed by atoms with Crippen LogP contribution in [0.2, 0.25) is 0 Å². The molecule has 0 radical (unpaired) electrons. The molecule has 1 atom stereocenters. The Bertz CT molecular complexity index is 1620. The Kier molecular flexibility index (Phi) is 5.68. The van der Waals surface area contributed by atoms with Crippen LogP contribution in [0.4, 0.5) is 5.95 Å². The third-order valence-electron chi connectivity index (χ3n) is 5.99. The van der Waals surface area contributed by atoms with Gasteiger partial charge in [0.05, 0.1) is 16.6 Å². The van der Waals surface area contributed by atoms with Crippen LogP contribution in [0.1, 0.15) is 12.0 Å². The molecular weight excluding hydrogens is 494 g/mol. The van der Waals surface area contributed by atoms with Crippen LogP contribution in [0, 0.1) is 0 Å². The number of rotatable bonds is 6. The molecule has 1 saturated heterocycles. The molecule has 0 spiro atoms. The van der Waals surface area contributed by atoms with Gasteiger partial charge in [-0.15, -0.1) is 5.11 Å². The van der Waals surface area contributed by atoms with Gasteiger partial charge in [-0.2, -0.15) is 5.11 Å². The monoisotopic (exact) mass is 517 g/mol. The average molecular weight is 518 g/mol. The summed E-state index contributed by atoms with van der Waals surface area (Å²) in [5, 5.41) is 16.5. The minimum atomic E-state index is -4.57. The molecule has 5 rings (SSSR count). The number of sulfonamides is 2. The van der Waals surface area contributed by atoms with Gasteiger partial charge in [0.15, 0.2) is 12.5 Å². The second-order valence-electron chi connectivity index (χ2n) is 8.24. The van der Waals surface area contributed by atoms with Crippen molar-refractivity contribution in [3.8, 4) is 11.1 Å². The summed E-state index contributed by atoms with van der Waals surface area (Å²) >= 11 is 0. The van der Waals surface area contributed by atoms with Gasteiger partial charge in [0.25, 0.3) is 0 Å². The molecule has 184 valence electrons. The standard InChI is InChI=1S/C20H23N9O4S2/c1-29-14-4-2-3-13(17(14)26-20(29)21)12-5-6-15(35(32,33)28-11-7-8-23-9-11)18(34(22,30)31)16(12)19-24-10-25-27-19/h2-6,11,23,28H,7-10H2,1H3,(H2,21,26)(H2,22,30,31)/t11-/m0/s1. The van der Waals surface area contributed by atoms with Crippen molar-refractivity contribution in [3.05, 3.63) is 35.9 Å². The Hall–Kier alpha value is -3.24. The van der Waals surface area contributed by atoms with Gasteiger partial charge in [-0.05, 0) is 30.7 Å². The van der Waals surface area contributed by atoms with Gasteiger partial charge in [-0.25, -0.2) is 36.7 Å². The number of aromatic nitrogens is 2. The van der Waals surface area contributed by atoms with E-state index in [2.05, 4.69) is 30.2 Å². The number of nitrogens with zero attached hydrogens (tertiary/aromatic N) is 5. The smallest absolute Gasteiger partial charge is 0.242 e. The molecule has 0 amide bonds. The lowest BCUT2D eigenvalue weighted by atomic mass is 9.97. The van der Waals surface area contributed by atoms with E-state index in [1.807, 2.05) is 6.07 Å². The van der Waals surface area contributed by atoms with Crippen LogP contribution in [0.15, 0.2) is 55.3 Å². The van der Waals surface area contributed by atoms with E-state index < -0.39 is 29.8 Å². The first kappa shape index (κ1) is 23.5. The highest BCUT2D eigenvalue weighted by molar-refractivity contribution is 7.92. The van der Waals surface area contributed by atoms with Crippen LogP contribution in [-0.4, -0.2) is 58.0 Å². The van der Waals surface area contributed by atoms with Gasteiger partial charge in [-0.3, -0.25) is 0 Å². The van der Waals surface area contributed by atoms with E-state index in [1.54, 1.807) is 23.7 Å². The fraction of sp³-hybridized carbons (Fsp3) is 0.300. The summed E-state index contributed by atoms with van der Waals surface area (Å²) in [5.74, 6) is 0.219. The quantitative estimate of drug-likeness (QED) is 0.360. The molecule has 0 bridgehead atoms. The van der Waals surface area contributed by atoms with Gasteiger partial charge in [0, 0.05) is 25.2 Å². The molecule has 1 fully saturated rings. The SMILES string of the molecule is Cn1c(N)nc2c(-c3ccc(S(=O)(=O)N[C@H]4CCNC4)c(S(N)(=O)=O)c3C3=NCN=N3)cccc21. The average Bonchev–Trinajstić information content (AvgIpc) is 3.55. The normalized spacial score (nSPS) is 18.5. The first-order valence-electron chi connectivity index (χ1n) is 10.6. The van der Waals surface area contributed by atoms with E-state index in [-0.39, 0.29) is 30.1 Å². The van der Waals surface area contributed by atoms with Crippen LogP contribution in [0.25, 0.3) is 22.2 Å². The lowest BCUT2D eigenvalue weighted by Gasteiger charge is -2.19. The fourth-order valence-corrected chi connectivity index (χ4v) is 7.22. The molecule has 0 unspecified atom stereocenters. The Labute approximate surface area is 201 Å². The van der Waals surface area contributed by atoms with Crippen molar-refractivity contribution in [2.24, 2.45) is 27.4 Å². The van der Waals surface area contributed by atoms with Crippen LogP contribution in [0.3, 0.4) is 0 Å². The Morgan fingerprint density at radius 1 is 1.14 bits per heavy atom.